The van der Waals surface area contributed by atoms with Crippen molar-refractivity contribution >= 4 is 6.03 Å². The quantitative estimate of drug-likeness (QED) is 0.688. The molecule has 2 atom stereocenters. The van der Waals surface area contributed by atoms with Crippen molar-refractivity contribution in [3.05, 3.63) is 30.1 Å². The lowest BCUT2D eigenvalue weighted by atomic mass is 10.2. The lowest BCUT2D eigenvalue weighted by molar-refractivity contribution is 0.205. The molecule has 2 unspecified atom stereocenters. The summed E-state index contributed by atoms with van der Waals surface area (Å²) in [6.45, 7) is 4.10. The van der Waals surface area contributed by atoms with E-state index in [4.69, 9.17) is 9.84 Å². The minimum Gasteiger partial charge on any atom is -0.489 e. The summed E-state index contributed by atoms with van der Waals surface area (Å²) in [5, 5.41) is 14.2. The Morgan fingerprint density at radius 2 is 2.19 bits per heavy atom. The van der Waals surface area contributed by atoms with Crippen LogP contribution in [0.4, 0.5) is 9.18 Å². The summed E-state index contributed by atoms with van der Waals surface area (Å²) >= 11 is 0. The average molecular weight is 298 g/mol. The van der Waals surface area contributed by atoms with Gasteiger partial charge in [-0.3, -0.25) is 0 Å². The van der Waals surface area contributed by atoms with Crippen molar-refractivity contribution in [2.24, 2.45) is 0 Å². The SMILES string of the molecule is CC(CCCO)NC(=O)NCC(C)Oc1cccc(F)c1. The van der Waals surface area contributed by atoms with E-state index in [0.29, 0.717) is 18.7 Å². The van der Waals surface area contributed by atoms with Crippen molar-refractivity contribution in [2.75, 3.05) is 13.2 Å². The first-order valence-electron chi connectivity index (χ1n) is 7.08. The molecule has 0 spiro atoms. The van der Waals surface area contributed by atoms with E-state index in [2.05, 4.69) is 10.6 Å². The number of carbonyl (C=O) groups excluding carboxylic acids is 1. The van der Waals surface area contributed by atoms with E-state index in [0.717, 1.165) is 6.42 Å². The molecule has 0 aliphatic carbocycles. The molecule has 0 radical (unpaired) electrons. The Labute approximate surface area is 124 Å². The van der Waals surface area contributed by atoms with E-state index >= 15 is 0 Å². The molecule has 0 aromatic heterocycles. The number of nitrogens with one attached hydrogen (secondary N) is 2. The van der Waals surface area contributed by atoms with Crippen LogP contribution >= 0.6 is 0 Å². The Hall–Kier alpha value is -1.82. The summed E-state index contributed by atoms with van der Waals surface area (Å²) < 4.78 is 18.5. The highest BCUT2D eigenvalue weighted by atomic mass is 19.1. The predicted octanol–water partition coefficient (Wildman–Crippen LogP) is 2.05. The summed E-state index contributed by atoms with van der Waals surface area (Å²) in [6.07, 6.45) is 1.10. The van der Waals surface area contributed by atoms with Gasteiger partial charge in [-0.25, -0.2) is 9.18 Å². The van der Waals surface area contributed by atoms with Gasteiger partial charge in [0.1, 0.15) is 17.7 Å². The molecule has 3 N–H and O–H groups in total. The molecular weight excluding hydrogens is 275 g/mol. The van der Waals surface area contributed by atoms with Gasteiger partial charge >= 0.3 is 6.03 Å². The van der Waals surface area contributed by atoms with Crippen LogP contribution in [0.2, 0.25) is 0 Å². The molecule has 1 aromatic rings. The highest BCUT2D eigenvalue weighted by Gasteiger charge is 2.09. The van der Waals surface area contributed by atoms with Crippen molar-refractivity contribution in [2.45, 2.75) is 38.8 Å². The van der Waals surface area contributed by atoms with E-state index in [9.17, 15) is 9.18 Å². The number of carbonyl (C=O) groups is 1. The Morgan fingerprint density at radius 1 is 1.43 bits per heavy atom. The fourth-order valence-electron chi connectivity index (χ4n) is 1.80. The monoisotopic (exact) mass is 298 g/mol. The standard InChI is InChI=1S/C15H23FN2O3/c1-11(5-4-8-19)18-15(20)17-10-12(2)21-14-7-3-6-13(16)9-14/h3,6-7,9,11-12,19H,4-5,8,10H2,1-2H3,(H2,17,18,20). The molecule has 5 nitrogen and oxygen atoms in total. The zero-order valence-corrected chi connectivity index (χ0v) is 12.4. The Morgan fingerprint density at radius 3 is 2.86 bits per heavy atom. The van der Waals surface area contributed by atoms with Gasteiger partial charge in [-0.15, -0.1) is 0 Å². The van der Waals surface area contributed by atoms with Crippen molar-refractivity contribution in [1.82, 2.24) is 10.6 Å². The fourth-order valence-corrected chi connectivity index (χ4v) is 1.80. The number of aliphatic hydroxyl groups excluding tert-OH is 1. The third-order valence-corrected chi connectivity index (χ3v) is 2.86. The molecule has 6 heteroatoms. The number of aliphatic hydroxyl groups is 1. The lowest BCUT2D eigenvalue weighted by Gasteiger charge is -2.18. The number of rotatable bonds is 8. The maximum absolute atomic E-state index is 13.0. The van der Waals surface area contributed by atoms with Crippen molar-refractivity contribution in [3.63, 3.8) is 0 Å². The highest BCUT2D eigenvalue weighted by molar-refractivity contribution is 5.74. The smallest absolute Gasteiger partial charge is 0.315 e. The van der Waals surface area contributed by atoms with E-state index in [1.54, 1.807) is 19.1 Å². The molecule has 0 aliphatic heterocycles. The molecule has 2 amide bonds. The molecule has 118 valence electrons. The van der Waals surface area contributed by atoms with Gasteiger partial charge in [-0.1, -0.05) is 6.07 Å². The molecule has 21 heavy (non-hydrogen) atoms. The van der Waals surface area contributed by atoms with E-state index in [1.807, 2.05) is 6.92 Å². The van der Waals surface area contributed by atoms with Gasteiger partial charge in [0.2, 0.25) is 0 Å². The third-order valence-electron chi connectivity index (χ3n) is 2.86. The molecule has 0 saturated heterocycles. The number of amides is 2. The number of hydrogen-bond acceptors (Lipinski definition) is 3. The number of benzene rings is 1. The molecule has 0 fully saturated rings. The molecular formula is C15H23FN2O3. The van der Waals surface area contributed by atoms with E-state index in [-0.39, 0.29) is 30.6 Å². The number of hydrogen-bond donors (Lipinski definition) is 3. The van der Waals surface area contributed by atoms with E-state index in [1.165, 1.54) is 12.1 Å². The molecule has 1 rings (SSSR count). The number of urea groups is 1. The minimum atomic E-state index is -0.358. The summed E-state index contributed by atoms with van der Waals surface area (Å²) in [7, 11) is 0. The fraction of sp³-hybridized carbons (Fsp3) is 0.533. The molecule has 0 bridgehead atoms. The first-order valence-corrected chi connectivity index (χ1v) is 7.08. The zero-order valence-electron chi connectivity index (χ0n) is 12.4. The maximum Gasteiger partial charge on any atom is 0.315 e. The topological polar surface area (TPSA) is 70.6 Å². The number of ether oxygens (including phenoxy) is 1. The van der Waals surface area contributed by atoms with Crippen LogP contribution < -0.4 is 15.4 Å². The van der Waals surface area contributed by atoms with Crippen LogP contribution in [0.5, 0.6) is 5.75 Å². The average Bonchev–Trinajstić information content (AvgIpc) is 2.43. The zero-order chi connectivity index (χ0) is 15.7. The Bertz CT molecular complexity index is 443. The largest absolute Gasteiger partial charge is 0.489 e. The molecule has 1 aromatic carbocycles. The van der Waals surface area contributed by atoms with Gasteiger partial charge in [0.05, 0.1) is 6.54 Å². The van der Waals surface area contributed by atoms with Crippen LogP contribution in [0, 0.1) is 5.82 Å². The van der Waals surface area contributed by atoms with Gasteiger partial charge in [0.25, 0.3) is 0 Å². The summed E-state index contributed by atoms with van der Waals surface area (Å²) in [4.78, 5) is 11.6. The van der Waals surface area contributed by atoms with Crippen LogP contribution in [0.15, 0.2) is 24.3 Å². The van der Waals surface area contributed by atoms with Crippen LogP contribution in [0.3, 0.4) is 0 Å². The van der Waals surface area contributed by atoms with Crippen molar-refractivity contribution < 1.29 is 19.0 Å². The normalized spacial score (nSPS) is 13.3. The second-order valence-corrected chi connectivity index (χ2v) is 5.01. The predicted molar refractivity (Wildman–Crippen MR) is 78.8 cm³/mol. The van der Waals surface area contributed by atoms with Crippen LogP contribution in [-0.2, 0) is 0 Å². The van der Waals surface area contributed by atoms with Crippen molar-refractivity contribution in [1.29, 1.82) is 0 Å². The Balaban J connectivity index is 2.26. The van der Waals surface area contributed by atoms with Crippen molar-refractivity contribution in [3.8, 4) is 5.75 Å². The summed E-state index contributed by atoms with van der Waals surface area (Å²) in [5.74, 6) is 0.0733. The molecule has 0 heterocycles. The van der Waals surface area contributed by atoms with Gasteiger partial charge in [0, 0.05) is 18.7 Å². The van der Waals surface area contributed by atoms with Gasteiger partial charge in [-0.2, -0.15) is 0 Å². The Kier molecular flexibility index (Phi) is 7.53. The molecule has 0 saturated carbocycles. The summed E-state index contributed by atoms with van der Waals surface area (Å²) in [5.41, 5.74) is 0. The highest BCUT2D eigenvalue weighted by Crippen LogP contribution is 2.13. The molecule has 0 aliphatic rings. The van der Waals surface area contributed by atoms with Crippen LogP contribution in [-0.4, -0.2) is 36.4 Å². The van der Waals surface area contributed by atoms with Crippen LogP contribution in [0.25, 0.3) is 0 Å². The first kappa shape index (κ1) is 17.2. The minimum absolute atomic E-state index is 0.00315. The lowest BCUT2D eigenvalue weighted by Crippen LogP contribution is -2.44. The second-order valence-electron chi connectivity index (χ2n) is 5.01. The maximum atomic E-state index is 13.0. The van der Waals surface area contributed by atoms with Gasteiger partial charge < -0.3 is 20.5 Å². The van der Waals surface area contributed by atoms with Gasteiger partial charge in [-0.05, 0) is 38.8 Å². The van der Waals surface area contributed by atoms with Crippen LogP contribution in [0.1, 0.15) is 26.7 Å². The van der Waals surface area contributed by atoms with Gasteiger partial charge in [0.15, 0.2) is 0 Å². The second kappa shape index (κ2) is 9.18. The number of halogens is 1. The van der Waals surface area contributed by atoms with E-state index < -0.39 is 0 Å². The first-order chi connectivity index (χ1) is 10.0. The third kappa shape index (κ3) is 7.51. The summed E-state index contributed by atoms with van der Waals surface area (Å²) in [6, 6.07) is 5.59.